The molecule has 150 valence electrons. The van der Waals surface area contributed by atoms with Crippen LogP contribution in [0.2, 0.25) is 0 Å². The van der Waals surface area contributed by atoms with Crippen LogP contribution in [0.15, 0.2) is 46.7 Å². The second-order valence-corrected chi connectivity index (χ2v) is 9.13. The number of thiophene rings is 1. The molecule has 2 heterocycles. The molecule has 1 aromatic heterocycles. The molecule has 7 nitrogen and oxygen atoms in total. The molecule has 0 atom stereocenters. The maximum Gasteiger partial charge on any atom is 0.246 e. The number of amides is 1. The second kappa shape index (κ2) is 8.87. The van der Waals surface area contributed by atoms with E-state index >= 15 is 0 Å². The van der Waals surface area contributed by atoms with Gasteiger partial charge in [0.2, 0.25) is 15.9 Å². The Kier molecular flexibility index (Phi) is 6.50. The van der Waals surface area contributed by atoms with Gasteiger partial charge in [0.05, 0.1) is 18.6 Å². The van der Waals surface area contributed by atoms with Crippen molar-refractivity contribution in [2.75, 3.05) is 33.3 Å². The molecule has 1 aromatic carbocycles. The lowest BCUT2D eigenvalue weighted by Gasteiger charge is -2.33. The Labute approximate surface area is 168 Å². The number of rotatable bonds is 6. The van der Waals surface area contributed by atoms with Crippen LogP contribution in [-0.4, -0.2) is 61.9 Å². The molecule has 1 amide bonds. The van der Waals surface area contributed by atoms with E-state index in [-0.39, 0.29) is 30.5 Å². The van der Waals surface area contributed by atoms with Gasteiger partial charge in [-0.15, -0.1) is 11.3 Å². The van der Waals surface area contributed by atoms with Crippen molar-refractivity contribution in [3.05, 3.63) is 52.2 Å². The summed E-state index contributed by atoms with van der Waals surface area (Å²) in [5.41, 5.74) is 0.814. The Morgan fingerprint density at radius 1 is 1.21 bits per heavy atom. The number of ether oxygens (including phenoxy) is 1. The lowest BCUT2D eigenvalue weighted by atomic mass is 10.3. The van der Waals surface area contributed by atoms with Crippen molar-refractivity contribution >= 4 is 33.3 Å². The summed E-state index contributed by atoms with van der Waals surface area (Å²) in [7, 11) is -2.07. The molecule has 0 bridgehead atoms. The van der Waals surface area contributed by atoms with Gasteiger partial charge in [0.1, 0.15) is 5.75 Å². The zero-order valence-electron chi connectivity index (χ0n) is 15.4. The number of nitrogens with zero attached hydrogens (tertiary/aromatic N) is 2. The number of carbonyl (C=O) groups is 1. The van der Waals surface area contributed by atoms with Crippen LogP contribution in [0, 0.1) is 0 Å². The maximum atomic E-state index is 12.8. The number of piperazine rings is 1. The smallest absolute Gasteiger partial charge is 0.246 e. The molecule has 1 saturated heterocycles. The van der Waals surface area contributed by atoms with E-state index in [0.29, 0.717) is 18.8 Å². The summed E-state index contributed by atoms with van der Waals surface area (Å²) in [4.78, 5) is 15.1. The third-order valence-corrected chi connectivity index (χ3v) is 7.35. The van der Waals surface area contributed by atoms with Gasteiger partial charge in [-0.25, -0.2) is 8.42 Å². The molecule has 0 radical (unpaired) electrons. The highest BCUT2D eigenvalue weighted by Gasteiger charge is 2.29. The summed E-state index contributed by atoms with van der Waals surface area (Å²) < 4.78 is 32.0. The van der Waals surface area contributed by atoms with Crippen LogP contribution < -0.4 is 4.74 Å². The first-order valence-electron chi connectivity index (χ1n) is 8.73. The average molecular weight is 423 g/mol. The van der Waals surface area contributed by atoms with Crippen molar-refractivity contribution in [1.29, 1.82) is 0 Å². The van der Waals surface area contributed by atoms with Crippen LogP contribution in [-0.2, 0) is 21.4 Å². The van der Waals surface area contributed by atoms with Gasteiger partial charge in [0.25, 0.3) is 0 Å². The van der Waals surface area contributed by atoms with Crippen molar-refractivity contribution in [2.24, 2.45) is 0 Å². The first-order chi connectivity index (χ1) is 13.4. The molecule has 28 heavy (non-hydrogen) atoms. The minimum absolute atomic E-state index is 0.0249. The van der Waals surface area contributed by atoms with Gasteiger partial charge >= 0.3 is 0 Å². The lowest BCUT2D eigenvalue weighted by Crippen LogP contribution is -2.50. The monoisotopic (exact) mass is 422 g/mol. The van der Waals surface area contributed by atoms with E-state index in [0.717, 1.165) is 10.4 Å². The molecule has 1 fully saturated rings. The number of aliphatic hydroxyl groups excluding tert-OH is 1. The van der Waals surface area contributed by atoms with Crippen LogP contribution >= 0.6 is 11.3 Å². The average Bonchev–Trinajstić information content (AvgIpc) is 3.20. The number of carbonyl (C=O) groups excluding carboxylic acids is 1. The van der Waals surface area contributed by atoms with Gasteiger partial charge in [0.15, 0.2) is 0 Å². The highest BCUT2D eigenvalue weighted by Crippen LogP contribution is 2.21. The first kappa shape index (κ1) is 20.5. The summed E-state index contributed by atoms with van der Waals surface area (Å²) in [6.45, 7) is 1.15. The van der Waals surface area contributed by atoms with Crippen molar-refractivity contribution in [3.63, 3.8) is 0 Å². The molecule has 1 aliphatic rings. The number of methoxy groups -OCH3 is 1. The topological polar surface area (TPSA) is 87.2 Å². The third kappa shape index (κ3) is 4.61. The van der Waals surface area contributed by atoms with Gasteiger partial charge < -0.3 is 14.7 Å². The zero-order chi connectivity index (χ0) is 20.1. The number of benzene rings is 1. The van der Waals surface area contributed by atoms with Gasteiger partial charge in [0, 0.05) is 37.1 Å². The van der Waals surface area contributed by atoms with Gasteiger partial charge in [-0.2, -0.15) is 4.31 Å². The molecule has 2 aromatic rings. The lowest BCUT2D eigenvalue weighted by molar-refractivity contribution is -0.127. The normalized spacial score (nSPS) is 15.9. The van der Waals surface area contributed by atoms with Crippen LogP contribution in [0.5, 0.6) is 5.75 Å². The zero-order valence-corrected chi connectivity index (χ0v) is 17.1. The fourth-order valence-corrected chi connectivity index (χ4v) is 5.09. The van der Waals surface area contributed by atoms with Crippen molar-refractivity contribution < 1.29 is 23.1 Å². The fraction of sp³-hybridized carbons (Fsp3) is 0.316. The fourth-order valence-electron chi connectivity index (χ4n) is 2.87. The van der Waals surface area contributed by atoms with Crippen LogP contribution in [0.3, 0.4) is 0 Å². The SMILES string of the molecule is COc1ccc(S(=O)(=O)N2CCN(C(=O)C=Cc3cc(CO)cs3)CC2)cc1. The number of aliphatic hydroxyl groups is 1. The van der Waals surface area contributed by atoms with E-state index in [1.54, 1.807) is 23.1 Å². The van der Waals surface area contributed by atoms with E-state index in [9.17, 15) is 13.2 Å². The summed E-state index contributed by atoms with van der Waals surface area (Å²) in [6.07, 6.45) is 3.20. The van der Waals surface area contributed by atoms with Gasteiger partial charge in [-0.1, -0.05) is 0 Å². The minimum atomic E-state index is -3.59. The predicted octanol–water partition coefficient (Wildman–Crippen LogP) is 1.80. The Balaban J connectivity index is 1.59. The van der Waals surface area contributed by atoms with E-state index in [2.05, 4.69) is 0 Å². The summed E-state index contributed by atoms with van der Waals surface area (Å²) in [5.74, 6) is 0.443. The molecule has 9 heteroatoms. The number of sulfonamides is 1. The summed E-state index contributed by atoms with van der Waals surface area (Å²) in [6, 6.07) is 8.11. The first-order valence-corrected chi connectivity index (χ1v) is 11.1. The Hall–Kier alpha value is -2.20. The molecule has 1 N–H and O–H groups in total. The molecular weight excluding hydrogens is 400 g/mol. The number of hydrogen-bond acceptors (Lipinski definition) is 6. The molecule has 0 saturated carbocycles. The third-order valence-electron chi connectivity index (χ3n) is 4.49. The number of hydrogen-bond donors (Lipinski definition) is 1. The Bertz CT molecular complexity index is 943. The van der Waals surface area contributed by atoms with Crippen molar-refractivity contribution in [2.45, 2.75) is 11.5 Å². The Morgan fingerprint density at radius 2 is 1.89 bits per heavy atom. The predicted molar refractivity (Wildman–Crippen MR) is 108 cm³/mol. The van der Waals surface area contributed by atoms with Crippen LogP contribution in [0.4, 0.5) is 0 Å². The Morgan fingerprint density at radius 3 is 2.46 bits per heavy atom. The van der Waals surface area contributed by atoms with E-state index < -0.39 is 10.0 Å². The standard InChI is InChI=1S/C19H22N2O5S2/c1-26-16-2-5-18(6-3-16)28(24,25)21-10-8-20(9-11-21)19(23)7-4-17-12-15(13-22)14-27-17/h2-7,12,14,22H,8-11,13H2,1H3. The highest BCUT2D eigenvalue weighted by molar-refractivity contribution is 7.89. The maximum absolute atomic E-state index is 12.8. The van der Waals surface area contributed by atoms with E-state index in [1.165, 1.54) is 41.0 Å². The molecule has 1 aliphatic heterocycles. The van der Waals surface area contributed by atoms with E-state index in [4.69, 9.17) is 9.84 Å². The van der Waals surface area contributed by atoms with Gasteiger partial charge in [-0.3, -0.25) is 4.79 Å². The highest BCUT2D eigenvalue weighted by atomic mass is 32.2. The van der Waals surface area contributed by atoms with Crippen LogP contribution in [0.25, 0.3) is 6.08 Å². The van der Waals surface area contributed by atoms with Gasteiger partial charge in [-0.05, 0) is 47.4 Å². The van der Waals surface area contributed by atoms with Crippen molar-refractivity contribution in [1.82, 2.24) is 9.21 Å². The summed E-state index contributed by atoms with van der Waals surface area (Å²) >= 11 is 1.45. The molecular formula is C19H22N2O5S2. The molecule has 0 spiro atoms. The largest absolute Gasteiger partial charge is 0.497 e. The second-order valence-electron chi connectivity index (χ2n) is 6.25. The summed E-state index contributed by atoms with van der Waals surface area (Å²) in [5, 5.41) is 10.9. The molecule has 0 aliphatic carbocycles. The van der Waals surface area contributed by atoms with Crippen LogP contribution in [0.1, 0.15) is 10.4 Å². The minimum Gasteiger partial charge on any atom is -0.497 e. The van der Waals surface area contributed by atoms with E-state index in [1.807, 2.05) is 11.4 Å². The quantitative estimate of drug-likeness (QED) is 0.718. The molecule has 3 rings (SSSR count). The van der Waals surface area contributed by atoms with Crippen molar-refractivity contribution in [3.8, 4) is 5.75 Å². The molecule has 0 unspecified atom stereocenters.